The third-order valence-corrected chi connectivity index (χ3v) is 6.42. The van der Waals surface area contributed by atoms with Gasteiger partial charge >= 0.3 is 0 Å². The van der Waals surface area contributed by atoms with Crippen LogP contribution in [0, 0.1) is 0 Å². The highest BCUT2D eigenvalue weighted by Crippen LogP contribution is 2.42. The van der Waals surface area contributed by atoms with Crippen molar-refractivity contribution < 1.29 is 4.74 Å². The fraction of sp³-hybridized carbons (Fsp3) is 0.522. The first-order valence-corrected chi connectivity index (χ1v) is 10.6. The Morgan fingerprint density at radius 2 is 1.89 bits per heavy atom. The fourth-order valence-electron chi connectivity index (χ4n) is 4.78. The normalized spacial score (nSPS) is 25.3. The predicted octanol–water partition coefficient (Wildman–Crippen LogP) is 3.82. The number of morpholine rings is 1. The lowest BCUT2D eigenvalue weighted by Gasteiger charge is -2.36. The van der Waals surface area contributed by atoms with E-state index in [9.17, 15) is 4.79 Å². The molecular weight excluding hydrogens is 350 g/mol. The SMILES string of the molecule is CC1COCCN1c1cc(N2CCCC2c2cccc(C3CC3)c2)[nH]c(=O)c1. The van der Waals surface area contributed by atoms with E-state index in [-0.39, 0.29) is 11.6 Å². The fourth-order valence-corrected chi connectivity index (χ4v) is 4.78. The Kier molecular flexibility index (Phi) is 4.63. The summed E-state index contributed by atoms with van der Waals surface area (Å²) in [7, 11) is 0. The summed E-state index contributed by atoms with van der Waals surface area (Å²) in [6.07, 6.45) is 4.93. The Labute approximate surface area is 166 Å². The van der Waals surface area contributed by atoms with Gasteiger partial charge in [0.2, 0.25) is 0 Å². The van der Waals surface area contributed by atoms with Crippen LogP contribution in [0.5, 0.6) is 0 Å². The van der Waals surface area contributed by atoms with Gasteiger partial charge in [-0.1, -0.05) is 24.3 Å². The number of ether oxygens (including phenoxy) is 1. The molecule has 0 radical (unpaired) electrons. The number of hydrogen-bond acceptors (Lipinski definition) is 4. The molecular formula is C23H29N3O2. The first-order chi connectivity index (χ1) is 13.7. The molecule has 2 aromatic rings. The summed E-state index contributed by atoms with van der Waals surface area (Å²) in [6.45, 7) is 5.39. The predicted molar refractivity (Wildman–Crippen MR) is 112 cm³/mol. The van der Waals surface area contributed by atoms with Crippen molar-refractivity contribution in [3.63, 3.8) is 0 Å². The minimum Gasteiger partial charge on any atom is -0.377 e. The van der Waals surface area contributed by atoms with Crippen LogP contribution < -0.4 is 15.4 Å². The summed E-state index contributed by atoms with van der Waals surface area (Å²) in [6, 6.07) is 13.6. The first-order valence-electron chi connectivity index (χ1n) is 10.6. The standard InChI is InChI=1S/C23H29N3O2/c1-16-15-28-11-10-25(16)20-13-22(24-23(27)14-20)26-9-3-6-21(26)19-5-2-4-18(12-19)17-7-8-17/h2,4-5,12-14,16-17,21H,3,6-11,15H2,1H3,(H,24,27). The van der Waals surface area contributed by atoms with Gasteiger partial charge in [0.15, 0.2) is 0 Å². The molecule has 2 atom stereocenters. The van der Waals surface area contributed by atoms with Crippen LogP contribution in [0.4, 0.5) is 11.5 Å². The number of pyridine rings is 1. The van der Waals surface area contributed by atoms with Crippen molar-refractivity contribution in [3.05, 3.63) is 57.9 Å². The quantitative estimate of drug-likeness (QED) is 0.877. The zero-order chi connectivity index (χ0) is 19.1. The summed E-state index contributed by atoms with van der Waals surface area (Å²) in [5.74, 6) is 1.71. The molecule has 5 heteroatoms. The summed E-state index contributed by atoms with van der Waals surface area (Å²) < 4.78 is 5.57. The average Bonchev–Trinajstić information content (AvgIpc) is 3.44. The van der Waals surface area contributed by atoms with Crippen LogP contribution in [0.25, 0.3) is 0 Å². The van der Waals surface area contributed by atoms with E-state index in [4.69, 9.17) is 4.74 Å². The largest absolute Gasteiger partial charge is 0.377 e. The lowest BCUT2D eigenvalue weighted by molar-refractivity contribution is 0.0989. The topological polar surface area (TPSA) is 48.6 Å². The Balaban J connectivity index is 1.46. The minimum absolute atomic E-state index is 0.0245. The summed E-state index contributed by atoms with van der Waals surface area (Å²) in [4.78, 5) is 20.3. The summed E-state index contributed by atoms with van der Waals surface area (Å²) >= 11 is 0. The van der Waals surface area contributed by atoms with Gasteiger partial charge in [-0.2, -0.15) is 0 Å². The van der Waals surface area contributed by atoms with Crippen LogP contribution in [-0.4, -0.2) is 37.3 Å². The van der Waals surface area contributed by atoms with Crippen molar-refractivity contribution in [1.82, 2.24) is 4.98 Å². The molecule has 1 saturated carbocycles. The second-order valence-electron chi connectivity index (χ2n) is 8.50. The number of nitrogens with one attached hydrogen (secondary N) is 1. The van der Waals surface area contributed by atoms with E-state index >= 15 is 0 Å². The Morgan fingerprint density at radius 1 is 1.04 bits per heavy atom. The molecule has 1 N–H and O–H groups in total. The molecule has 1 aliphatic carbocycles. The highest BCUT2D eigenvalue weighted by molar-refractivity contribution is 5.57. The monoisotopic (exact) mass is 379 g/mol. The number of H-pyrrole nitrogens is 1. The lowest BCUT2D eigenvalue weighted by Crippen LogP contribution is -2.44. The molecule has 0 bridgehead atoms. The number of nitrogens with zero attached hydrogens (tertiary/aromatic N) is 2. The van der Waals surface area contributed by atoms with E-state index in [2.05, 4.69) is 52.0 Å². The van der Waals surface area contributed by atoms with E-state index in [1.165, 1.54) is 24.0 Å². The molecule has 5 nitrogen and oxygen atoms in total. The third kappa shape index (κ3) is 3.44. The molecule has 0 amide bonds. The van der Waals surface area contributed by atoms with Gasteiger partial charge < -0.3 is 19.5 Å². The average molecular weight is 380 g/mol. The van der Waals surface area contributed by atoms with Crippen LogP contribution >= 0.6 is 0 Å². The van der Waals surface area contributed by atoms with E-state index in [1.807, 2.05) is 0 Å². The zero-order valence-electron chi connectivity index (χ0n) is 16.6. The maximum Gasteiger partial charge on any atom is 0.251 e. The van der Waals surface area contributed by atoms with Crippen molar-refractivity contribution in [2.75, 3.05) is 36.1 Å². The van der Waals surface area contributed by atoms with Crippen molar-refractivity contribution >= 4 is 11.5 Å². The molecule has 0 spiro atoms. The van der Waals surface area contributed by atoms with Gasteiger partial charge in [-0.05, 0) is 49.7 Å². The van der Waals surface area contributed by atoms with E-state index in [1.54, 1.807) is 6.07 Å². The number of hydrogen-bond donors (Lipinski definition) is 1. The smallest absolute Gasteiger partial charge is 0.251 e. The maximum atomic E-state index is 12.5. The van der Waals surface area contributed by atoms with Gasteiger partial charge in [0.1, 0.15) is 5.82 Å². The number of benzene rings is 1. The van der Waals surface area contributed by atoms with Crippen molar-refractivity contribution in [2.45, 2.75) is 50.6 Å². The molecule has 148 valence electrons. The molecule has 5 rings (SSSR count). The molecule has 2 aliphatic heterocycles. The number of aromatic amines is 1. The van der Waals surface area contributed by atoms with Gasteiger partial charge in [-0.3, -0.25) is 4.79 Å². The number of aromatic nitrogens is 1. The summed E-state index contributed by atoms with van der Waals surface area (Å²) in [5.41, 5.74) is 3.84. The maximum absolute atomic E-state index is 12.5. The van der Waals surface area contributed by atoms with Gasteiger partial charge in [0.05, 0.1) is 19.3 Å². The van der Waals surface area contributed by atoms with Crippen LogP contribution in [-0.2, 0) is 4.74 Å². The third-order valence-electron chi connectivity index (χ3n) is 6.42. The number of rotatable bonds is 4. The molecule has 2 saturated heterocycles. The van der Waals surface area contributed by atoms with Gasteiger partial charge in [0.25, 0.3) is 5.56 Å². The molecule has 2 unspecified atom stereocenters. The van der Waals surface area contributed by atoms with Crippen LogP contribution in [0.1, 0.15) is 55.7 Å². The van der Waals surface area contributed by atoms with Crippen molar-refractivity contribution in [3.8, 4) is 0 Å². The van der Waals surface area contributed by atoms with Gasteiger partial charge in [-0.15, -0.1) is 0 Å². The van der Waals surface area contributed by atoms with E-state index in [0.717, 1.165) is 43.4 Å². The summed E-state index contributed by atoms with van der Waals surface area (Å²) in [5, 5.41) is 0. The van der Waals surface area contributed by atoms with Crippen molar-refractivity contribution in [1.29, 1.82) is 0 Å². The zero-order valence-corrected chi connectivity index (χ0v) is 16.6. The van der Waals surface area contributed by atoms with Crippen molar-refractivity contribution in [2.24, 2.45) is 0 Å². The second kappa shape index (κ2) is 7.28. The molecule has 1 aromatic carbocycles. The molecule has 1 aromatic heterocycles. The van der Waals surface area contributed by atoms with Crippen LogP contribution in [0.3, 0.4) is 0 Å². The van der Waals surface area contributed by atoms with Gasteiger partial charge in [-0.25, -0.2) is 0 Å². The molecule has 3 heterocycles. The van der Waals surface area contributed by atoms with E-state index < -0.39 is 0 Å². The second-order valence-corrected chi connectivity index (χ2v) is 8.50. The number of anilines is 2. The first kappa shape index (κ1) is 17.8. The highest BCUT2D eigenvalue weighted by atomic mass is 16.5. The molecule has 3 aliphatic rings. The Bertz CT molecular complexity index is 905. The highest BCUT2D eigenvalue weighted by Gasteiger charge is 2.30. The lowest BCUT2D eigenvalue weighted by atomic mass is 10.00. The Morgan fingerprint density at radius 3 is 2.71 bits per heavy atom. The van der Waals surface area contributed by atoms with Crippen LogP contribution in [0.2, 0.25) is 0 Å². The molecule has 28 heavy (non-hydrogen) atoms. The van der Waals surface area contributed by atoms with Crippen LogP contribution in [0.15, 0.2) is 41.2 Å². The Hall–Kier alpha value is -2.27. The minimum atomic E-state index is -0.0245. The molecule has 3 fully saturated rings. The van der Waals surface area contributed by atoms with Gasteiger partial charge in [0, 0.05) is 37.0 Å². The van der Waals surface area contributed by atoms with E-state index in [0.29, 0.717) is 19.3 Å².